The summed E-state index contributed by atoms with van der Waals surface area (Å²) in [4.78, 5) is 0. The number of halogens is 1. The highest BCUT2D eigenvalue weighted by molar-refractivity contribution is 6.30. The molecule has 5 nitrogen and oxygen atoms in total. The zero-order valence-electron chi connectivity index (χ0n) is 11.4. The minimum absolute atomic E-state index is 0.0780. The number of aromatic nitrogens is 2. The molecule has 1 aromatic carbocycles. The van der Waals surface area contributed by atoms with E-state index >= 15 is 0 Å². The number of hydrogen-bond acceptors (Lipinski definition) is 4. The Balaban J connectivity index is 1.80. The van der Waals surface area contributed by atoms with Gasteiger partial charge in [-0.3, -0.25) is 16.0 Å². The fourth-order valence-corrected chi connectivity index (χ4v) is 2.09. The van der Waals surface area contributed by atoms with Gasteiger partial charge in [0.15, 0.2) is 0 Å². The van der Waals surface area contributed by atoms with Crippen LogP contribution < -0.4 is 16.0 Å². The molecule has 3 N–H and O–H groups in total. The van der Waals surface area contributed by atoms with Crippen molar-refractivity contribution in [2.45, 2.75) is 18.9 Å². The highest BCUT2D eigenvalue weighted by atomic mass is 35.5. The van der Waals surface area contributed by atoms with Gasteiger partial charge in [-0.1, -0.05) is 17.7 Å². The number of benzene rings is 1. The van der Waals surface area contributed by atoms with Crippen molar-refractivity contribution in [2.75, 3.05) is 6.61 Å². The van der Waals surface area contributed by atoms with Crippen LogP contribution in [0.5, 0.6) is 5.75 Å². The molecule has 0 radical (unpaired) electrons. The molecule has 0 aliphatic rings. The summed E-state index contributed by atoms with van der Waals surface area (Å²) in [6.45, 7) is 0.497. The predicted octanol–water partition coefficient (Wildman–Crippen LogP) is 1.92. The standard InChI is InChI=1S/C14H19ClN4O/c1-19-9-11(8-17-19)5-6-13(18-16)10-20-14-4-2-3-12(15)7-14/h2-4,7-9,13,18H,5-6,10,16H2,1H3. The van der Waals surface area contributed by atoms with Crippen molar-refractivity contribution < 1.29 is 4.74 Å². The number of hydrazine groups is 1. The maximum Gasteiger partial charge on any atom is 0.120 e. The number of aryl methyl sites for hydroxylation is 2. The van der Waals surface area contributed by atoms with Crippen LogP contribution in [0.1, 0.15) is 12.0 Å². The third kappa shape index (κ3) is 4.52. The van der Waals surface area contributed by atoms with Gasteiger partial charge in [-0.25, -0.2) is 0 Å². The Morgan fingerprint density at radius 2 is 2.35 bits per heavy atom. The Kier molecular flexibility index (Phi) is 5.40. The number of nitrogens with zero attached hydrogens (tertiary/aromatic N) is 2. The zero-order valence-corrected chi connectivity index (χ0v) is 12.2. The van der Waals surface area contributed by atoms with Crippen LogP contribution in [0.25, 0.3) is 0 Å². The molecule has 0 aliphatic heterocycles. The smallest absolute Gasteiger partial charge is 0.120 e. The third-order valence-corrected chi connectivity index (χ3v) is 3.26. The molecular weight excluding hydrogens is 276 g/mol. The summed E-state index contributed by atoms with van der Waals surface area (Å²) in [7, 11) is 1.91. The molecule has 0 aliphatic carbocycles. The van der Waals surface area contributed by atoms with Crippen molar-refractivity contribution >= 4 is 11.6 Å². The number of nitrogens with two attached hydrogens (primary N) is 1. The Morgan fingerprint density at radius 1 is 1.50 bits per heavy atom. The maximum absolute atomic E-state index is 5.91. The molecule has 1 unspecified atom stereocenters. The van der Waals surface area contributed by atoms with Crippen LogP contribution in [-0.2, 0) is 13.5 Å². The lowest BCUT2D eigenvalue weighted by Gasteiger charge is -2.16. The monoisotopic (exact) mass is 294 g/mol. The lowest BCUT2D eigenvalue weighted by molar-refractivity contribution is 0.258. The fourth-order valence-electron chi connectivity index (χ4n) is 1.91. The van der Waals surface area contributed by atoms with Crippen molar-refractivity contribution in [3.63, 3.8) is 0 Å². The second-order valence-electron chi connectivity index (χ2n) is 4.69. The first-order chi connectivity index (χ1) is 9.67. The topological polar surface area (TPSA) is 65.1 Å². The number of ether oxygens (including phenoxy) is 1. The van der Waals surface area contributed by atoms with Gasteiger partial charge in [0.05, 0.1) is 12.2 Å². The Morgan fingerprint density at radius 3 is 3.00 bits per heavy atom. The van der Waals surface area contributed by atoms with Crippen LogP contribution >= 0.6 is 11.6 Å². The molecule has 6 heteroatoms. The summed E-state index contributed by atoms with van der Waals surface area (Å²) in [6.07, 6.45) is 5.65. The van der Waals surface area contributed by atoms with Crippen LogP contribution in [0.15, 0.2) is 36.7 Å². The lowest BCUT2D eigenvalue weighted by Crippen LogP contribution is -2.39. The molecule has 2 rings (SSSR count). The van der Waals surface area contributed by atoms with Gasteiger partial charge >= 0.3 is 0 Å². The van der Waals surface area contributed by atoms with Crippen LogP contribution in [-0.4, -0.2) is 22.4 Å². The van der Waals surface area contributed by atoms with Crippen LogP contribution in [0.2, 0.25) is 5.02 Å². The molecule has 1 aromatic heterocycles. The van der Waals surface area contributed by atoms with E-state index in [0.717, 1.165) is 18.6 Å². The van der Waals surface area contributed by atoms with Crippen molar-refractivity contribution in [1.82, 2.24) is 15.2 Å². The molecule has 1 atom stereocenters. The van der Waals surface area contributed by atoms with E-state index in [9.17, 15) is 0 Å². The first-order valence-electron chi connectivity index (χ1n) is 6.49. The van der Waals surface area contributed by atoms with Gasteiger partial charge in [-0.2, -0.15) is 5.10 Å². The highest BCUT2D eigenvalue weighted by Gasteiger charge is 2.09. The molecule has 20 heavy (non-hydrogen) atoms. The van der Waals surface area contributed by atoms with Gasteiger partial charge in [-0.05, 0) is 36.6 Å². The summed E-state index contributed by atoms with van der Waals surface area (Å²) >= 11 is 5.91. The SMILES string of the molecule is Cn1cc(CCC(COc2cccc(Cl)c2)NN)cn1. The Labute approximate surface area is 123 Å². The van der Waals surface area contributed by atoms with Crippen LogP contribution in [0, 0.1) is 0 Å². The lowest BCUT2D eigenvalue weighted by atomic mass is 10.1. The average molecular weight is 295 g/mol. The van der Waals surface area contributed by atoms with Gasteiger partial charge in [0, 0.05) is 18.3 Å². The molecule has 0 amide bonds. The molecule has 0 saturated carbocycles. The van der Waals surface area contributed by atoms with Gasteiger partial charge in [0.1, 0.15) is 12.4 Å². The first-order valence-corrected chi connectivity index (χ1v) is 6.87. The molecular formula is C14H19ClN4O. The molecule has 2 aromatic rings. The summed E-state index contributed by atoms with van der Waals surface area (Å²) in [6, 6.07) is 7.42. The fraction of sp³-hybridized carbons (Fsp3) is 0.357. The van der Waals surface area contributed by atoms with E-state index in [4.69, 9.17) is 22.2 Å². The van der Waals surface area contributed by atoms with Crippen molar-refractivity contribution in [3.05, 3.63) is 47.2 Å². The molecule has 1 heterocycles. The van der Waals surface area contributed by atoms with Gasteiger partial charge in [0.25, 0.3) is 0 Å². The second kappa shape index (κ2) is 7.28. The number of nitrogens with one attached hydrogen (secondary N) is 1. The summed E-state index contributed by atoms with van der Waals surface area (Å²) in [5.41, 5.74) is 3.97. The second-order valence-corrected chi connectivity index (χ2v) is 5.13. The maximum atomic E-state index is 5.91. The summed E-state index contributed by atoms with van der Waals surface area (Å²) < 4.78 is 7.48. The van der Waals surface area contributed by atoms with E-state index in [2.05, 4.69) is 10.5 Å². The molecule has 0 saturated heterocycles. The molecule has 108 valence electrons. The van der Waals surface area contributed by atoms with Gasteiger partial charge < -0.3 is 4.74 Å². The zero-order chi connectivity index (χ0) is 14.4. The van der Waals surface area contributed by atoms with E-state index in [1.165, 1.54) is 5.56 Å². The highest BCUT2D eigenvalue weighted by Crippen LogP contribution is 2.17. The van der Waals surface area contributed by atoms with Crippen LogP contribution in [0.3, 0.4) is 0 Å². The quantitative estimate of drug-likeness (QED) is 0.605. The molecule has 0 spiro atoms. The number of hydrogen-bond donors (Lipinski definition) is 2. The van der Waals surface area contributed by atoms with Crippen LogP contribution in [0.4, 0.5) is 0 Å². The molecule has 0 fully saturated rings. The van der Waals surface area contributed by atoms with Gasteiger partial charge in [0.2, 0.25) is 0 Å². The van der Waals surface area contributed by atoms with Gasteiger partial charge in [-0.15, -0.1) is 0 Å². The summed E-state index contributed by atoms with van der Waals surface area (Å²) in [5, 5.41) is 4.80. The van der Waals surface area contributed by atoms with Crippen molar-refractivity contribution in [2.24, 2.45) is 12.9 Å². The predicted molar refractivity (Wildman–Crippen MR) is 79.6 cm³/mol. The van der Waals surface area contributed by atoms with E-state index in [0.29, 0.717) is 11.6 Å². The molecule has 0 bridgehead atoms. The minimum Gasteiger partial charge on any atom is -0.492 e. The Hall–Kier alpha value is -1.56. The average Bonchev–Trinajstić information content (AvgIpc) is 2.85. The third-order valence-electron chi connectivity index (χ3n) is 3.02. The largest absolute Gasteiger partial charge is 0.492 e. The Bertz CT molecular complexity index is 543. The van der Waals surface area contributed by atoms with E-state index in [1.807, 2.05) is 37.6 Å². The number of rotatable bonds is 7. The first kappa shape index (κ1) is 14.8. The minimum atomic E-state index is 0.0780. The van der Waals surface area contributed by atoms with E-state index < -0.39 is 0 Å². The van der Waals surface area contributed by atoms with Crippen molar-refractivity contribution in [3.8, 4) is 5.75 Å². The normalized spacial score (nSPS) is 12.3. The summed E-state index contributed by atoms with van der Waals surface area (Å²) in [5.74, 6) is 6.31. The van der Waals surface area contributed by atoms with Crippen molar-refractivity contribution in [1.29, 1.82) is 0 Å². The van der Waals surface area contributed by atoms with E-state index in [-0.39, 0.29) is 6.04 Å². The van der Waals surface area contributed by atoms with E-state index in [1.54, 1.807) is 10.7 Å².